The number of nitrogens with two attached hydrogens (primary N) is 1. The highest BCUT2D eigenvalue weighted by Gasteiger charge is 2.46. The van der Waals surface area contributed by atoms with E-state index in [4.69, 9.17) is 19.0 Å². The van der Waals surface area contributed by atoms with Gasteiger partial charge in [-0.2, -0.15) is 0 Å². The maximum atomic E-state index is 13.7. The quantitative estimate of drug-likeness (QED) is 0.0919. The van der Waals surface area contributed by atoms with Gasteiger partial charge in [0.15, 0.2) is 23.2 Å². The molecule has 5 atom stereocenters. The molecule has 0 bridgehead atoms. The van der Waals surface area contributed by atoms with Gasteiger partial charge in [0.25, 0.3) is 0 Å². The minimum absolute atomic E-state index is 0.0417. The lowest BCUT2D eigenvalue weighted by molar-refractivity contribution is -0.130. The van der Waals surface area contributed by atoms with Crippen molar-refractivity contribution in [2.24, 2.45) is 5.73 Å². The number of benzene rings is 1. The molecule has 5 unspecified atom stereocenters. The van der Waals surface area contributed by atoms with Crippen LogP contribution < -0.4 is 31.3 Å². The predicted molar refractivity (Wildman–Crippen MR) is 201 cm³/mol. The fourth-order valence-corrected chi connectivity index (χ4v) is 5.25. The number of carbonyl (C=O) groups is 4. The van der Waals surface area contributed by atoms with E-state index in [0.717, 1.165) is 18.4 Å². The van der Waals surface area contributed by atoms with Gasteiger partial charge in [-0.15, -0.1) is 0 Å². The minimum Gasteiger partial charge on any atom is -0.497 e. The van der Waals surface area contributed by atoms with E-state index in [1.807, 2.05) is 34.9 Å². The van der Waals surface area contributed by atoms with Gasteiger partial charge in [0.1, 0.15) is 30.3 Å². The molecule has 1 saturated heterocycles. The molecule has 1 aliphatic heterocycles. The number of nitrogens with zero attached hydrogens (tertiary/aromatic N) is 5. The van der Waals surface area contributed by atoms with Crippen LogP contribution in [0.4, 0.5) is 5.82 Å². The number of aliphatic hydroxyl groups is 2. The first-order valence-electron chi connectivity index (χ1n) is 17.6. The van der Waals surface area contributed by atoms with Gasteiger partial charge in [-0.3, -0.25) is 23.7 Å². The van der Waals surface area contributed by atoms with Gasteiger partial charge in [-0.05, 0) is 51.3 Å². The number of amides is 4. The van der Waals surface area contributed by atoms with Gasteiger partial charge in [-0.1, -0.05) is 18.6 Å². The van der Waals surface area contributed by atoms with Crippen LogP contribution in [0.2, 0.25) is 0 Å². The lowest BCUT2D eigenvalue weighted by atomic mass is 10.0. The number of imidazole rings is 1. The lowest BCUT2D eigenvalue weighted by Gasteiger charge is -2.25. The van der Waals surface area contributed by atoms with Crippen LogP contribution >= 0.6 is 0 Å². The minimum atomic E-state index is -1.28. The number of unbranched alkanes of at least 4 members (excludes halogenated alkanes) is 2. The van der Waals surface area contributed by atoms with E-state index in [0.29, 0.717) is 35.7 Å². The zero-order valence-corrected chi connectivity index (χ0v) is 32.4. The third kappa shape index (κ3) is 14.1. The fourth-order valence-electron chi connectivity index (χ4n) is 5.25. The summed E-state index contributed by atoms with van der Waals surface area (Å²) in [7, 11) is 6.91. The molecule has 1 fully saturated rings. The summed E-state index contributed by atoms with van der Waals surface area (Å²) in [6, 6.07) is 5.18. The predicted octanol–water partition coefficient (Wildman–Crippen LogP) is 0.593. The summed E-state index contributed by atoms with van der Waals surface area (Å²) in [4.78, 5) is 61.0. The average molecular weight is 760 g/mol. The molecule has 1 aromatic carbocycles. The molecule has 0 saturated carbocycles. The van der Waals surface area contributed by atoms with Crippen LogP contribution in [-0.2, 0) is 35.1 Å². The van der Waals surface area contributed by atoms with Crippen molar-refractivity contribution in [1.82, 2.24) is 35.5 Å². The molecule has 54 heavy (non-hydrogen) atoms. The van der Waals surface area contributed by atoms with Crippen LogP contribution in [0.25, 0.3) is 11.2 Å². The number of fused-ring (bicyclic) bond motifs is 1. The number of nitrogens with one attached hydrogen (secondary N) is 3. The fraction of sp³-hybridized carbons (Fsp3) is 0.583. The Morgan fingerprint density at radius 3 is 2.30 bits per heavy atom. The smallest absolute Gasteiger partial charge is 0.243 e. The molecule has 3 aromatic rings. The van der Waals surface area contributed by atoms with E-state index in [1.165, 1.54) is 19.6 Å². The summed E-state index contributed by atoms with van der Waals surface area (Å²) in [5.74, 6) is 0.299. The molecule has 0 aliphatic carbocycles. The van der Waals surface area contributed by atoms with E-state index in [-0.39, 0.29) is 36.7 Å². The van der Waals surface area contributed by atoms with Crippen molar-refractivity contribution >= 4 is 41.1 Å². The molecule has 18 nitrogen and oxygen atoms in total. The maximum Gasteiger partial charge on any atom is 0.243 e. The van der Waals surface area contributed by atoms with Crippen molar-refractivity contribution in [3.63, 3.8) is 0 Å². The maximum absolute atomic E-state index is 13.7. The second-order valence-electron chi connectivity index (χ2n) is 13.6. The highest BCUT2D eigenvalue weighted by atomic mass is 16.5. The van der Waals surface area contributed by atoms with Gasteiger partial charge in [0.05, 0.1) is 31.7 Å². The highest BCUT2D eigenvalue weighted by Crippen LogP contribution is 2.32. The number of ether oxygens (including phenoxy) is 3. The Kier molecular flexibility index (Phi) is 18.7. The highest BCUT2D eigenvalue weighted by molar-refractivity contribution is 5.88. The van der Waals surface area contributed by atoms with Crippen molar-refractivity contribution in [3.05, 3.63) is 42.5 Å². The third-order valence-corrected chi connectivity index (χ3v) is 8.22. The molecule has 0 spiro atoms. The second kappa shape index (κ2) is 22.3. The van der Waals surface area contributed by atoms with E-state index < -0.39 is 43.0 Å². The molecule has 2 aromatic heterocycles. The molecular formula is C36H57N9O9. The Bertz CT molecular complexity index is 1610. The number of hydrogen-bond acceptors (Lipinski definition) is 13. The standard InChI is InChI=1S/C30H42N8O7.C5H12O.CH3NO/c1-18(40)31-13-7-5-6-8-23(41)35-21(14-19-9-11-20(44-4)12-10-19)29(43)36-24-22(15-39)45-30(26(24)42)38-17-34-25-27(37(2)3)32-16-33-28(25)38;1-5(2,3)6-4;2-1-3/h9-12,16-17,21-22,24,26,30,39,42H,5-8,13-15H2,1-4H3,(H,31,40)(H,35,41)(H,36,43);1-4H3;1H,(H2,2,3). The Morgan fingerprint density at radius 1 is 1.09 bits per heavy atom. The summed E-state index contributed by atoms with van der Waals surface area (Å²) >= 11 is 0. The first-order chi connectivity index (χ1) is 25.6. The van der Waals surface area contributed by atoms with Crippen LogP contribution in [-0.4, -0.2) is 125 Å². The van der Waals surface area contributed by atoms with Crippen LogP contribution in [0.1, 0.15) is 65.2 Å². The van der Waals surface area contributed by atoms with Crippen LogP contribution in [0.5, 0.6) is 5.75 Å². The van der Waals surface area contributed by atoms with E-state index in [9.17, 15) is 24.6 Å². The first-order valence-corrected chi connectivity index (χ1v) is 17.6. The average Bonchev–Trinajstić information content (AvgIpc) is 3.69. The van der Waals surface area contributed by atoms with Crippen molar-refractivity contribution in [2.75, 3.05) is 46.4 Å². The second-order valence-corrected chi connectivity index (χ2v) is 13.6. The molecule has 1 aliphatic rings. The number of methoxy groups -OCH3 is 2. The number of primary amides is 1. The van der Waals surface area contributed by atoms with Gasteiger partial charge in [0, 0.05) is 47.5 Å². The van der Waals surface area contributed by atoms with Crippen molar-refractivity contribution < 1.29 is 43.6 Å². The Labute approximate surface area is 316 Å². The molecule has 3 heterocycles. The number of aromatic nitrogens is 4. The summed E-state index contributed by atoms with van der Waals surface area (Å²) in [5, 5.41) is 29.9. The number of rotatable bonds is 15. The summed E-state index contributed by atoms with van der Waals surface area (Å²) in [5.41, 5.74) is 5.92. The zero-order chi connectivity index (χ0) is 40.4. The monoisotopic (exact) mass is 759 g/mol. The SMILES string of the molecule is COC(C)(C)C.COc1ccc(CC(NC(=O)CCCCCNC(C)=O)C(=O)NC2C(CO)OC(n3cnc4c(N(C)C)ncnc43)C2O)cc1.NC=O. The van der Waals surface area contributed by atoms with Gasteiger partial charge in [0.2, 0.25) is 24.1 Å². The molecule has 18 heteroatoms. The van der Waals surface area contributed by atoms with Gasteiger partial charge in [-0.25, -0.2) is 15.0 Å². The van der Waals surface area contributed by atoms with E-state index >= 15 is 0 Å². The normalized spacial score (nSPS) is 18.3. The topological polar surface area (TPSA) is 245 Å². The molecule has 300 valence electrons. The van der Waals surface area contributed by atoms with Crippen molar-refractivity contribution in [1.29, 1.82) is 0 Å². The number of hydrogen-bond donors (Lipinski definition) is 6. The van der Waals surface area contributed by atoms with Crippen LogP contribution in [0, 0.1) is 0 Å². The number of anilines is 1. The van der Waals surface area contributed by atoms with Gasteiger partial charge >= 0.3 is 0 Å². The van der Waals surface area contributed by atoms with Crippen LogP contribution in [0.3, 0.4) is 0 Å². The summed E-state index contributed by atoms with van der Waals surface area (Å²) in [6.45, 7) is 7.58. The lowest BCUT2D eigenvalue weighted by Crippen LogP contribution is -2.55. The summed E-state index contributed by atoms with van der Waals surface area (Å²) < 4.78 is 17.7. The Hall–Kier alpha value is -4.91. The number of aliphatic hydroxyl groups excluding tert-OH is 2. The Morgan fingerprint density at radius 2 is 1.74 bits per heavy atom. The van der Waals surface area contributed by atoms with Crippen molar-refractivity contribution in [2.45, 2.75) is 95.9 Å². The Balaban J connectivity index is 0.00000100. The van der Waals surface area contributed by atoms with E-state index in [1.54, 1.807) is 48.0 Å². The molecule has 4 amide bonds. The van der Waals surface area contributed by atoms with E-state index in [2.05, 4.69) is 36.6 Å². The summed E-state index contributed by atoms with van der Waals surface area (Å²) in [6.07, 6.45) is 2.32. The zero-order valence-electron chi connectivity index (χ0n) is 32.4. The molecule has 4 rings (SSSR count). The van der Waals surface area contributed by atoms with Gasteiger partial charge < -0.3 is 51.0 Å². The molecule has 7 N–H and O–H groups in total. The third-order valence-electron chi connectivity index (χ3n) is 8.22. The number of carbonyl (C=O) groups excluding carboxylic acids is 4. The van der Waals surface area contributed by atoms with Crippen LogP contribution in [0.15, 0.2) is 36.9 Å². The molecule has 0 radical (unpaired) electrons. The largest absolute Gasteiger partial charge is 0.497 e. The molecular weight excluding hydrogens is 702 g/mol. The van der Waals surface area contributed by atoms with Crippen molar-refractivity contribution in [3.8, 4) is 5.75 Å². The first kappa shape index (κ1) is 45.2.